The van der Waals surface area contributed by atoms with Gasteiger partial charge in [-0.3, -0.25) is 9.59 Å². The van der Waals surface area contributed by atoms with Crippen LogP contribution in [0.3, 0.4) is 0 Å². The lowest BCUT2D eigenvalue weighted by molar-refractivity contribution is 0.0896. The second-order valence-corrected chi connectivity index (χ2v) is 8.73. The monoisotopic (exact) mass is 381 g/mol. The number of Topliss-reactive ketones (excluding diaryl/α,β-unsaturated/α-hetero) is 2. The smallest absolute Gasteiger partial charge is 0.207 e. The van der Waals surface area contributed by atoms with Gasteiger partial charge in [-0.15, -0.1) is 0 Å². The normalized spacial score (nSPS) is 22.8. The van der Waals surface area contributed by atoms with Gasteiger partial charge >= 0.3 is 0 Å². The number of hydrogen-bond donors (Lipinski definition) is 0. The number of oxazole rings is 1. The lowest BCUT2D eigenvalue weighted by atomic mass is 9.96. The molecule has 1 aliphatic rings. The zero-order valence-electron chi connectivity index (χ0n) is 16.0. The molecule has 0 saturated carbocycles. The van der Waals surface area contributed by atoms with Gasteiger partial charge in [0.25, 0.3) is 0 Å². The summed E-state index contributed by atoms with van der Waals surface area (Å²) in [6.07, 6.45) is 10.1. The van der Waals surface area contributed by atoms with Crippen LogP contribution in [-0.2, 0) is 9.84 Å². The van der Waals surface area contributed by atoms with E-state index in [2.05, 4.69) is 4.98 Å². The number of allylic oxidation sites excluding steroid dienone is 4. The van der Waals surface area contributed by atoms with E-state index in [0.29, 0.717) is 11.6 Å². The Morgan fingerprint density at radius 1 is 1.08 bits per heavy atom. The van der Waals surface area contributed by atoms with Gasteiger partial charge in [-0.05, 0) is 6.42 Å². The van der Waals surface area contributed by atoms with Crippen molar-refractivity contribution < 1.29 is 22.4 Å². The Hall–Kier alpha value is -2.02. The van der Waals surface area contributed by atoms with E-state index < -0.39 is 9.84 Å². The summed E-state index contributed by atoms with van der Waals surface area (Å²) < 4.78 is 26.1. The van der Waals surface area contributed by atoms with Crippen LogP contribution in [0.4, 0.5) is 0 Å². The van der Waals surface area contributed by atoms with Crippen molar-refractivity contribution in [1.29, 1.82) is 0 Å². The third kappa shape index (κ3) is 6.71. The first-order chi connectivity index (χ1) is 12.1. The van der Waals surface area contributed by atoms with Gasteiger partial charge < -0.3 is 4.42 Å². The average molecular weight is 381 g/mol. The highest BCUT2D eigenvalue weighted by Crippen LogP contribution is 2.21. The zero-order valence-corrected chi connectivity index (χ0v) is 16.8. The molecule has 0 amide bonds. The van der Waals surface area contributed by atoms with Crippen LogP contribution in [-0.4, -0.2) is 37.0 Å². The largest absolute Gasteiger partial charge is 0.437 e. The van der Waals surface area contributed by atoms with Crippen LogP contribution in [0.5, 0.6) is 0 Å². The zero-order chi connectivity index (χ0) is 19.9. The first-order valence-electron chi connectivity index (χ1n) is 8.65. The van der Waals surface area contributed by atoms with Crippen molar-refractivity contribution in [3.63, 3.8) is 0 Å². The molecule has 2 rings (SSSR count). The molecular weight excluding hydrogens is 354 g/mol. The minimum Gasteiger partial charge on any atom is -0.437 e. The van der Waals surface area contributed by atoms with Crippen LogP contribution in [0, 0.1) is 18.8 Å². The fourth-order valence-corrected chi connectivity index (χ4v) is 3.04. The number of carbonyl (C=O) groups is 2. The molecule has 0 saturated heterocycles. The van der Waals surface area contributed by atoms with Crippen molar-refractivity contribution in [3.8, 4) is 0 Å². The molecule has 0 fully saturated rings. The van der Waals surface area contributed by atoms with Crippen molar-refractivity contribution in [2.24, 2.45) is 11.8 Å². The molecular formula is C19H27NO5S. The number of carbonyl (C=O) groups excluding carboxylic acids is 2. The second kappa shape index (κ2) is 9.62. The summed E-state index contributed by atoms with van der Waals surface area (Å²) in [7, 11) is -2.69. The summed E-state index contributed by atoms with van der Waals surface area (Å²) in [5.74, 6) is -0.290. The van der Waals surface area contributed by atoms with Gasteiger partial charge in [0, 0.05) is 30.8 Å². The first-order valence-corrected chi connectivity index (χ1v) is 10.7. The summed E-state index contributed by atoms with van der Waals surface area (Å²) in [6, 6.07) is 0. The van der Waals surface area contributed by atoms with Crippen LogP contribution in [0.1, 0.15) is 60.5 Å². The van der Waals surface area contributed by atoms with Gasteiger partial charge in [-0.25, -0.2) is 13.4 Å². The van der Waals surface area contributed by atoms with Gasteiger partial charge in [-0.2, -0.15) is 0 Å². The molecule has 0 aliphatic heterocycles. The maximum atomic E-state index is 12.2. The summed E-state index contributed by atoms with van der Waals surface area (Å²) in [6.45, 7) is 7.15. The van der Waals surface area contributed by atoms with Crippen molar-refractivity contribution >= 4 is 21.4 Å². The van der Waals surface area contributed by atoms with Crippen LogP contribution in [0.2, 0.25) is 0 Å². The maximum absolute atomic E-state index is 12.2. The Morgan fingerprint density at radius 2 is 1.62 bits per heavy atom. The molecule has 144 valence electrons. The quantitative estimate of drug-likeness (QED) is 0.794. The highest BCUT2D eigenvalue weighted by Gasteiger charge is 2.28. The number of unbranched alkanes of at least 4 members (excludes halogenated alkanes) is 1. The highest BCUT2D eigenvalue weighted by molar-refractivity contribution is 7.90. The summed E-state index contributed by atoms with van der Waals surface area (Å²) in [5, 5.41) is 0. The van der Waals surface area contributed by atoms with Crippen molar-refractivity contribution in [2.45, 2.75) is 40.5 Å². The predicted molar refractivity (Wildman–Crippen MR) is 101 cm³/mol. The van der Waals surface area contributed by atoms with E-state index in [0.717, 1.165) is 12.8 Å². The SMILES string of the molecule is CCCCS(C)(=O)=O.Cc1nc2c(o1)C(=O)C(C)/C=C\C=C/C(C)C2=O. The Labute approximate surface area is 155 Å². The van der Waals surface area contributed by atoms with Crippen LogP contribution in [0.25, 0.3) is 0 Å². The molecule has 1 aromatic rings. The summed E-state index contributed by atoms with van der Waals surface area (Å²) in [5.41, 5.74) is 0.150. The molecule has 0 bridgehead atoms. The molecule has 0 aromatic carbocycles. The van der Waals surface area contributed by atoms with Gasteiger partial charge in [0.05, 0.1) is 0 Å². The minimum atomic E-state index is -2.69. The van der Waals surface area contributed by atoms with Crippen molar-refractivity contribution in [1.82, 2.24) is 4.98 Å². The maximum Gasteiger partial charge on any atom is 0.207 e. The Bertz CT molecular complexity index is 754. The molecule has 26 heavy (non-hydrogen) atoms. The number of hydrogen-bond acceptors (Lipinski definition) is 6. The average Bonchev–Trinajstić information content (AvgIpc) is 2.96. The number of fused-ring (bicyclic) bond motifs is 1. The Kier molecular flexibility index (Phi) is 8.14. The number of sulfone groups is 1. The molecule has 1 aromatic heterocycles. The van der Waals surface area contributed by atoms with E-state index in [-0.39, 0.29) is 34.9 Å². The van der Waals surface area contributed by atoms with Gasteiger partial charge in [-0.1, -0.05) is 51.5 Å². The summed E-state index contributed by atoms with van der Waals surface area (Å²) >= 11 is 0. The third-order valence-corrected chi connectivity index (χ3v) is 4.83. The molecule has 0 radical (unpaired) electrons. The van der Waals surface area contributed by atoms with E-state index >= 15 is 0 Å². The number of nitrogens with zero attached hydrogens (tertiary/aromatic N) is 1. The predicted octanol–water partition coefficient (Wildman–Crippen LogP) is 3.58. The second-order valence-electron chi connectivity index (χ2n) is 6.47. The number of aryl methyl sites for hydroxylation is 1. The number of ketones is 2. The topological polar surface area (TPSA) is 94.3 Å². The first kappa shape index (κ1) is 22.0. The third-order valence-electron chi connectivity index (χ3n) is 3.80. The van der Waals surface area contributed by atoms with E-state index in [4.69, 9.17) is 4.42 Å². The Balaban J connectivity index is 0.000000359. The molecule has 0 spiro atoms. The van der Waals surface area contributed by atoms with Gasteiger partial charge in [0.1, 0.15) is 9.84 Å². The molecule has 1 heterocycles. The Morgan fingerprint density at radius 3 is 2.08 bits per heavy atom. The number of aromatic nitrogens is 1. The van der Waals surface area contributed by atoms with E-state index in [1.165, 1.54) is 6.26 Å². The highest BCUT2D eigenvalue weighted by atomic mass is 32.2. The number of rotatable bonds is 3. The van der Waals surface area contributed by atoms with E-state index in [1.807, 2.05) is 6.92 Å². The van der Waals surface area contributed by atoms with Gasteiger partial charge in [0.2, 0.25) is 11.5 Å². The lowest BCUT2D eigenvalue weighted by Gasteiger charge is -2.07. The van der Waals surface area contributed by atoms with Gasteiger partial charge in [0.15, 0.2) is 17.4 Å². The minimum absolute atomic E-state index is 0.0804. The molecule has 2 atom stereocenters. The van der Waals surface area contributed by atoms with Crippen molar-refractivity contribution in [2.75, 3.05) is 12.0 Å². The molecule has 1 aliphatic carbocycles. The summed E-state index contributed by atoms with van der Waals surface area (Å²) in [4.78, 5) is 28.4. The molecule has 0 N–H and O–H groups in total. The fourth-order valence-electron chi connectivity index (χ4n) is 2.23. The van der Waals surface area contributed by atoms with Crippen LogP contribution in [0.15, 0.2) is 28.7 Å². The van der Waals surface area contributed by atoms with E-state index in [9.17, 15) is 18.0 Å². The molecule has 2 unspecified atom stereocenters. The standard InChI is InChI=1S/C14H15NO3.C5H12O2S/c1-8-6-4-5-7-9(2)13(17)14-11(12(8)16)15-10(3)18-14;1-3-4-5-8(2,6)7/h4-9H,1-3H3;3-5H2,1-2H3/b6-4-,7-5-;. The van der Waals surface area contributed by atoms with Crippen LogP contribution >= 0.6 is 0 Å². The van der Waals surface area contributed by atoms with Crippen molar-refractivity contribution in [3.05, 3.63) is 41.6 Å². The lowest BCUT2D eigenvalue weighted by Crippen LogP contribution is -2.17. The fraction of sp³-hybridized carbons (Fsp3) is 0.526. The molecule has 7 heteroatoms. The van der Waals surface area contributed by atoms with E-state index in [1.54, 1.807) is 45.1 Å². The van der Waals surface area contributed by atoms with Crippen LogP contribution < -0.4 is 0 Å². The molecule has 6 nitrogen and oxygen atoms in total.